The third-order valence-corrected chi connectivity index (χ3v) is 3.56. The molecule has 2 heterocycles. The number of benzene rings is 1. The molecule has 0 aliphatic carbocycles. The minimum atomic E-state index is -4.54. The maximum absolute atomic E-state index is 13.8. The Hall–Kier alpha value is -3.24. The lowest BCUT2D eigenvalue weighted by Crippen LogP contribution is -2.17. The third kappa shape index (κ3) is 4.30. The van der Waals surface area contributed by atoms with Crippen molar-refractivity contribution in [2.45, 2.75) is 6.18 Å². The van der Waals surface area contributed by atoms with Crippen LogP contribution in [0.3, 0.4) is 0 Å². The molecule has 0 saturated heterocycles. The molecule has 27 heavy (non-hydrogen) atoms. The van der Waals surface area contributed by atoms with Crippen LogP contribution in [-0.2, 0) is 6.18 Å². The molecule has 0 radical (unpaired) electrons. The van der Waals surface area contributed by atoms with E-state index in [9.17, 15) is 17.6 Å². The van der Waals surface area contributed by atoms with Crippen molar-refractivity contribution in [3.05, 3.63) is 42.2 Å². The van der Waals surface area contributed by atoms with E-state index in [4.69, 9.17) is 4.74 Å². The highest BCUT2D eigenvalue weighted by molar-refractivity contribution is 5.90. The Kier molecular flexibility index (Phi) is 5.19. The van der Waals surface area contributed by atoms with Crippen LogP contribution in [0, 0.1) is 5.82 Å². The molecule has 0 spiro atoms. The number of fused-ring (bicyclic) bond motifs is 1. The van der Waals surface area contributed by atoms with Gasteiger partial charge in [-0.05, 0) is 12.1 Å². The van der Waals surface area contributed by atoms with Gasteiger partial charge in [0.1, 0.15) is 17.8 Å². The van der Waals surface area contributed by atoms with Gasteiger partial charge in [0.05, 0.1) is 12.6 Å². The van der Waals surface area contributed by atoms with Crippen LogP contribution in [0.25, 0.3) is 10.9 Å². The maximum atomic E-state index is 13.8. The van der Waals surface area contributed by atoms with Gasteiger partial charge < -0.3 is 15.4 Å². The van der Waals surface area contributed by atoms with Crippen molar-refractivity contribution in [2.75, 3.05) is 30.8 Å². The van der Waals surface area contributed by atoms with Crippen LogP contribution < -0.4 is 15.4 Å². The average molecular weight is 382 g/mol. The molecular weight excluding hydrogens is 368 g/mol. The molecule has 0 fully saturated rings. The molecule has 2 aromatic heterocycles. The molecule has 0 amide bonds. The molecule has 2 N–H and O–H groups in total. The number of aromatic nitrogens is 4. The van der Waals surface area contributed by atoms with Crippen molar-refractivity contribution in [1.82, 2.24) is 19.9 Å². The molecule has 3 rings (SSSR count). The molecule has 1 aromatic carbocycles. The summed E-state index contributed by atoms with van der Waals surface area (Å²) in [5, 5.41) is 6.25. The summed E-state index contributed by atoms with van der Waals surface area (Å²) in [4.78, 5) is 15.3. The van der Waals surface area contributed by atoms with Gasteiger partial charge >= 0.3 is 6.18 Å². The summed E-state index contributed by atoms with van der Waals surface area (Å²) < 4.78 is 56.6. The van der Waals surface area contributed by atoms with Crippen molar-refractivity contribution in [1.29, 1.82) is 0 Å². The lowest BCUT2D eigenvalue weighted by Gasteiger charge is -2.11. The van der Waals surface area contributed by atoms with E-state index in [-0.39, 0.29) is 18.2 Å². The maximum Gasteiger partial charge on any atom is 0.433 e. The number of hydrogen-bond donors (Lipinski definition) is 2. The molecule has 11 heteroatoms. The van der Waals surface area contributed by atoms with Gasteiger partial charge in [0.25, 0.3) is 0 Å². The normalized spacial score (nSPS) is 11.4. The Morgan fingerprint density at radius 2 is 1.85 bits per heavy atom. The monoisotopic (exact) mass is 382 g/mol. The molecule has 0 aliphatic heterocycles. The Bertz CT molecular complexity index is 950. The number of nitrogens with zero attached hydrogens (tertiary/aromatic N) is 4. The number of rotatable bonds is 6. The summed E-state index contributed by atoms with van der Waals surface area (Å²) in [5.74, 6) is -0.193. The number of alkyl halides is 3. The Labute approximate surface area is 150 Å². The molecule has 0 saturated carbocycles. The summed E-state index contributed by atoms with van der Waals surface area (Å²) in [6.45, 7) is 0.524. The third-order valence-electron chi connectivity index (χ3n) is 3.56. The van der Waals surface area contributed by atoms with Gasteiger partial charge in [0.2, 0.25) is 5.95 Å². The van der Waals surface area contributed by atoms with Crippen molar-refractivity contribution in [3.8, 4) is 5.75 Å². The number of nitrogens with one attached hydrogen (secondary N) is 2. The summed E-state index contributed by atoms with van der Waals surface area (Å²) in [5.41, 5.74) is -0.635. The van der Waals surface area contributed by atoms with E-state index in [1.54, 1.807) is 0 Å². The number of hydrogen-bond acceptors (Lipinski definition) is 7. The van der Waals surface area contributed by atoms with E-state index in [1.807, 2.05) is 0 Å². The first-order chi connectivity index (χ1) is 12.9. The lowest BCUT2D eigenvalue weighted by atomic mass is 10.2. The van der Waals surface area contributed by atoms with Gasteiger partial charge in [-0.3, -0.25) is 0 Å². The van der Waals surface area contributed by atoms with Gasteiger partial charge in [-0.15, -0.1) is 0 Å². The first-order valence-electron chi connectivity index (χ1n) is 7.74. The molecule has 0 atom stereocenters. The molecule has 0 unspecified atom stereocenters. The van der Waals surface area contributed by atoms with Crippen LogP contribution >= 0.6 is 0 Å². The van der Waals surface area contributed by atoms with Crippen LogP contribution in [0.4, 0.5) is 29.3 Å². The van der Waals surface area contributed by atoms with E-state index in [0.717, 1.165) is 12.3 Å². The van der Waals surface area contributed by atoms with Gasteiger partial charge in [-0.1, -0.05) is 0 Å². The minimum Gasteiger partial charge on any atom is -0.494 e. The van der Waals surface area contributed by atoms with Crippen molar-refractivity contribution in [3.63, 3.8) is 0 Å². The van der Waals surface area contributed by atoms with E-state index in [0.29, 0.717) is 23.3 Å². The Morgan fingerprint density at radius 3 is 2.59 bits per heavy atom. The summed E-state index contributed by atoms with van der Waals surface area (Å²) in [6, 6.07) is 3.50. The van der Waals surface area contributed by atoms with Crippen molar-refractivity contribution >= 4 is 22.7 Å². The Balaban J connectivity index is 1.66. The second kappa shape index (κ2) is 7.56. The van der Waals surface area contributed by atoms with Crippen LogP contribution in [0.15, 0.2) is 30.7 Å². The predicted octanol–water partition coefficient (Wildman–Crippen LogP) is 3.11. The highest BCUT2D eigenvalue weighted by Crippen LogP contribution is 2.28. The molecule has 0 bridgehead atoms. The fourth-order valence-electron chi connectivity index (χ4n) is 2.31. The second-order valence-corrected chi connectivity index (χ2v) is 5.34. The molecular formula is C16H14F4N6O. The van der Waals surface area contributed by atoms with E-state index in [2.05, 4.69) is 30.6 Å². The Morgan fingerprint density at radius 1 is 1.07 bits per heavy atom. The molecule has 0 aliphatic rings. The highest BCUT2D eigenvalue weighted by atomic mass is 19.4. The molecule has 142 valence electrons. The fourth-order valence-corrected chi connectivity index (χ4v) is 2.31. The van der Waals surface area contributed by atoms with Gasteiger partial charge in [-0.25, -0.2) is 24.3 Å². The predicted molar refractivity (Wildman–Crippen MR) is 90.1 cm³/mol. The average Bonchev–Trinajstić information content (AvgIpc) is 2.64. The zero-order valence-electron chi connectivity index (χ0n) is 14.0. The van der Waals surface area contributed by atoms with Crippen LogP contribution in [0.2, 0.25) is 0 Å². The van der Waals surface area contributed by atoms with Crippen LogP contribution in [-0.4, -0.2) is 40.1 Å². The van der Waals surface area contributed by atoms with Gasteiger partial charge in [0, 0.05) is 30.7 Å². The van der Waals surface area contributed by atoms with Crippen molar-refractivity contribution in [2.24, 2.45) is 0 Å². The van der Waals surface area contributed by atoms with Crippen molar-refractivity contribution < 1.29 is 22.3 Å². The fraction of sp³-hybridized carbons (Fsp3) is 0.250. The first kappa shape index (κ1) is 18.5. The smallest absolute Gasteiger partial charge is 0.433 e. The lowest BCUT2D eigenvalue weighted by molar-refractivity contribution is -0.141. The van der Waals surface area contributed by atoms with Crippen LogP contribution in [0.5, 0.6) is 5.75 Å². The van der Waals surface area contributed by atoms with E-state index < -0.39 is 17.7 Å². The number of ether oxygens (including phenoxy) is 1. The van der Waals surface area contributed by atoms with Gasteiger partial charge in [0.15, 0.2) is 11.6 Å². The first-order valence-corrected chi connectivity index (χ1v) is 7.74. The van der Waals surface area contributed by atoms with E-state index in [1.165, 1.54) is 25.6 Å². The number of halogens is 4. The zero-order valence-corrected chi connectivity index (χ0v) is 14.0. The number of anilines is 2. The van der Waals surface area contributed by atoms with Crippen LogP contribution in [0.1, 0.15) is 5.69 Å². The van der Waals surface area contributed by atoms with E-state index >= 15 is 0 Å². The zero-order chi connectivity index (χ0) is 19.4. The quantitative estimate of drug-likeness (QED) is 0.501. The SMILES string of the molecule is COc1cc2c(NCCNc3nccc(C(F)(F)F)n3)ncnc2cc1F. The number of methoxy groups -OCH3 is 1. The van der Waals surface area contributed by atoms with Gasteiger partial charge in [-0.2, -0.15) is 13.2 Å². The summed E-state index contributed by atoms with van der Waals surface area (Å²) >= 11 is 0. The molecule has 7 nitrogen and oxygen atoms in total. The molecule has 3 aromatic rings. The summed E-state index contributed by atoms with van der Waals surface area (Å²) in [6.07, 6.45) is -2.23. The topological polar surface area (TPSA) is 84.9 Å². The largest absolute Gasteiger partial charge is 0.494 e. The summed E-state index contributed by atoms with van der Waals surface area (Å²) in [7, 11) is 1.35. The highest BCUT2D eigenvalue weighted by Gasteiger charge is 2.32. The second-order valence-electron chi connectivity index (χ2n) is 5.34. The standard InChI is InChI=1S/C16H14F4N6O/c1-27-12-6-9-11(7-10(12)17)24-8-25-14(9)21-4-5-23-15-22-3-2-13(26-15)16(18,19)20/h2-3,6-8H,4-5H2,1H3,(H,21,24,25)(H,22,23,26). The minimum absolute atomic E-state index is 0.0517.